The molecule has 2 aromatic rings. The Morgan fingerprint density at radius 3 is 2.81 bits per heavy atom. The van der Waals surface area contributed by atoms with E-state index in [0.717, 1.165) is 34.9 Å². The van der Waals surface area contributed by atoms with Crippen molar-refractivity contribution in [3.8, 4) is 5.75 Å². The van der Waals surface area contributed by atoms with Crippen LogP contribution in [0, 0.1) is 13.8 Å². The zero-order valence-electron chi connectivity index (χ0n) is 13.1. The number of hydrogen-bond acceptors (Lipinski definition) is 4. The maximum absolute atomic E-state index is 5.46. The van der Waals surface area contributed by atoms with Gasteiger partial charge in [0.25, 0.3) is 0 Å². The summed E-state index contributed by atoms with van der Waals surface area (Å²) >= 11 is 1.81. The Morgan fingerprint density at radius 2 is 2.10 bits per heavy atom. The number of pyridine rings is 1. The molecule has 1 N–H and O–H groups in total. The van der Waals surface area contributed by atoms with Crippen molar-refractivity contribution in [1.29, 1.82) is 0 Å². The average Bonchev–Trinajstić information content (AvgIpc) is 2.48. The van der Waals surface area contributed by atoms with Gasteiger partial charge < -0.3 is 10.1 Å². The van der Waals surface area contributed by atoms with Gasteiger partial charge in [-0.3, -0.25) is 4.98 Å². The minimum atomic E-state index is 0.853. The van der Waals surface area contributed by atoms with Gasteiger partial charge in [-0.15, -0.1) is 11.8 Å². The van der Waals surface area contributed by atoms with Crippen LogP contribution in [-0.4, -0.2) is 19.1 Å². The van der Waals surface area contributed by atoms with Crippen molar-refractivity contribution in [2.24, 2.45) is 0 Å². The highest BCUT2D eigenvalue weighted by molar-refractivity contribution is 7.98. The number of aryl methyl sites for hydroxylation is 1. The van der Waals surface area contributed by atoms with Crippen LogP contribution in [0.2, 0.25) is 0 Å². The molecule has 0 unspecified atom stereocenters. The second-order valence-electron chi connectivity index (χ2n) is 5.01. The van der Waals surface area contributed by atoms with Gasteiger partial charge in [-0.2, -0.15) is 0 Å². The zero-order valence-corrected chi connectivity index (χ0v) is 13.9. The number of rotatable bonds is 6. The Balaban J connectivity index is 2.11. The molecular weight excluding hydrogens is 280 g/mol. The number of benzene rings is 1. The summed E-state index contributed by atoms with van der Waals surface area (Å²) in [4.78, 5) is 5.81. The van der Waals surface area contributed by atoms with Gasteiger partial charge in [0.1, 0.15) is 5.75 Å². The highest BCUT2D eigenvalue weighted by Crippen LogP contribution is 2.29. The van der Waals surface area contributed by atoms with E-state index in [-0.39, 0.29) is 0 Å². The second kappa shape index (κ2) is 7.48. The first-order chi connectivity index (χ1) is 10.2. The molecule has 0 saturated heterocycles. The fourth-order valence-corrected chi connectivity index (χ4v) is 3.32. The smallest absolute Gasteiger partial charge is 0.128 e. The molecule has 0 fully saturated rings. The largest absolute Gasteiger partial charge is 0.496 e. The monoisotopic (exact) mass is 302 g/mol. The molecule has 21 heavy (non-hydrogen) atoms. The Bertz CT molecular complexity index is 614. The van der Waals surface area contributed by atoms with Gasteiger partial charge in [-0.25, -0.2) is 0 Å². The lowest BCUT2D eigenvalue weighted by atomic mass is 10.1. The van der Waals surface area contributed by atoms with Crippen LogP contribution in [0.1, 0.15) is 22.4 Å². The van der Waals surface area contributed by atoms with Crippen LogP contribution in [0.15, 0.2) is 35.4 Å². The van der Waals surface area contributed by atoms with Crippen LogP contribution in [-0.2, 0) is 12.3 Å². The first kappa shape index (κ1) is 15.9. The lowest BCUT2D eigenvalue weighted by Gasteiger charge is -2.12. The van der Waals surface area contributed by atoms with Gasteiger partial charge >= 0.3 is 0 Å². The third kappa shape index (κ3) is 3.99. The van der Waals surface area contributed by atoms with E-state index in [2.05, 4.69) is 41.5 Å². The van der Waals surface area contributed by atoms with Crippen molar-refractivity contribution in [2.45, 2.75) is 31.0 Å². The molecule has 0 aliphatic rings. The second-order valence-corrected chi connectivity index (χ2v) is 6.06. The quantitative estimate of drug-likeness (QED) is 0.825. The van der Waals surface area contributed by atoms with E-state index in [4.69, 9.17) is 4.74 Å². The summed E-state index contributed by atoms with van der Waals surface area (Å²) in [6, 6.07) is 8.61. The van der Waals surface area contributed by atoms with Crippen molar-refractivity contribution in [3.63, 3.8) is 0 Å². The molecule has 0 saturated carbocycles. The van der Waals surface area contributed by atoms with E-state index in [1.807, 2.05) is 20.2 Å². The van der Waals surface area contributed by atoms with Crippen molar-refractivity contribution < 1.29 is 4.74 Å². The molecule has 0 aliphatic heterocycles. The van der Waals surface area contributed by atoms with Crippen molar-refractivity contribution in [2.75, 3.05) is 14.2 Å². The summed E-state index contributed by atoms with van der Waals surface area (Å²) in [5, 5.41) is 3.18. The molecule has 0 spiro atoms. The first-order valence-electron chi connectivity index (χ1n) is 7.01. The summed E-state index contributed by atoms with van der Waals surface area (Å²) < 4.78 is 5.46. The van der Waals surface area contributed by atoms with E-state index in [1.165, 1.54) is 10.5 Å². The number of nitrogens with zero attached hydrogens (tertiary/aromatic N) is 1. The number of thioether (sulfide) groups is 1. The summed E-state index contributed by atoms with van der Waals surface area (Å²) in [7, 11) is 3.68. The minimum absolute atomic E-state index is 0.853. The van der Waals surface area contributed by atoms with E-state index in [0.29, 0.717) is 0 Å². The Hall–Kier alpha value is -1.52. The number of aromatic nitrogens is 1. The minimum Gasteiger partial charge on any atom is -0.496 e. The van der Waals surface area contributed by atoms with E-state index in [9.17, 15) is 0 Å². The molecule has 112 valence electrons. The summed E-state index contributed by atoms with van der Waals surface area (Å²) in [6.45, 7) is 4.99. The molecule has 0 radical (unpaired) electrons. The molecule has 0 aliphatic carbocycles. The lowest BCUT2D eigenvalue weighted by Crippen LogP contribution is -2.04. The first-order valence-corrected chi connectivity index (χ1v) is 7.99. The summed E-state index contributed by atoms with van der Waals surface area (Å²) in [5.41, 5.74) is 4.60. The number of methoxy groups -OCH3 is 1. The van der Waals surface area contributed by atoms with Crippen LogP contribution in [0.25, 0.3) is 0 Å². The fourth-order valence-electron chi connectivity index (χ4n) is 2.32. The molecule has 1 aromatic carbocycles. The predicted octanol–water partition coefficient (Wildman–Crippen LogP) is 3.72. The molecular formula is C17H22N2OS. The molecule has 0 bridgehead atoms. The topological polar surface area (TPSA) is 34.2 Å². The van der Waals surface area contributed by atoms with Gasteiger partial charge in [0.15, 0.2) is 0 Å². The Morgan fingerprint density at radius 1 is 1.29 bits per heavy atom. The SMILES string of the molecule is CNCc1cccc(SCc2ncc(C)c(OC)c2C)c1. The van der Waals surface area contributed by atoms with Crippen LogP contribution < -0.4 is 10.1 Å². The Labute approximate surface area is 131 Å². The molecule has 3 nitrogen and oxygen atoms in total. The summed E-state index contributed by atoms with van der Waals surface area (Å²) in [5.74, 6) is 1.80. The molecule has 2 rings (SSSR count). The molecule has 4 heteroatoms. The summed E-state index contributed by atoms with van der Waals surface area (Å²) in [6.07, 6.45) is 1.89. The highest BCUT2D eigenvalue weighted by Gasteiger charge is 2.09. The molecule has 0 atom stereocenters. The third-order valence-corrected chi connectivity index (χ3v) is 4.41. The third-order valence-electron chi connectivity index (χ3n) is 3.40. The van der Waals surface area contributed by atoms with Crippen LogP contribution in [0.3, 0.4) is 0 Å². The van der Waals surface area contributed by atoms with Crippen LogP contribution >= 0.6 is 11.8 Å². The van der Waals surface area contributed by atoms with Gasteiger partial charge in [0.05, 0.1) is 12.8 Å². The highest BCUT2D eigenvalue weighted by atomic mass is 32.2. The average molecular weight is 302 g/mol. The fraction of sp³-hybridized carbons (Fsp3) is 0.353. The predicted molar refractivity (Wildman–Crippen MR) is 89.0 cm³/mol. The molecule has 1 aromatic heterocycles. The lowest BCUT2D eigenvalue weighted by molar-refractivity contribution is 0.407. The zero-order chi connectivity index (χ0) is 15.2. The van der Waals surface area contributed by atoms with Crippen molar-refractivity contribution in [1.82, 2.24) is 10.3 Å². The molecule has 1 heterocycles. The van der Waals surface area contributed by atoms with E-state index in [1.54, 1.807) is 18.9 Å². The van der Waals surface area contributed by atoms with Crippen LogP contribution in [0.4, 0.5) is 0 Å². The van der Waals surface area contributed by atoms with Gasteiger partial charge in [-0.1, -0.05) is 12.1 Å². The maximum Gasteiger partial charge on any atom is 0.128 e. The number of nitrogens with one attached hydrogen (secondary N) is 1. The van der Waals surface area contributed by atoms with Gasteiger partial charge in [-0.05, 0) is 38.6 Å². The number of hydrogen-bond donors (Lipinski definition) is 1. The normalized spacial score (nSPS) is 10.7. The standard InChI is InChI=1S/C17H22N2OS/c1-12-9-19-16(13(2)17(12)20-4)11-21-15-7-5-6-14(8-15)10-18-3/h5-9,18H,10-11H2,1-4H3. The van der Waals surface area contributed by atoms with Crippen molar-refractivity contribution in [3.05, 3.63) is 52.8 Å². The molecule has 0 amide bonds. The maximum atomic E-state index is 5.46. The van der Waals surface area contributed by atoms with Gasteiger partial charge in [0, 0.05) is 34.5 Å². The van der Waals surface area contributed by atoms with E-state index >= 15 is 0 Å². The van der Waals surface area contributed by atoms with Crippen LogP contribution in [0.5, 0.6) is 5.75 Å². The Kier molecular flexibility index (Phi) is 5.65. The number of ether oxygens (including phenoxy) is 1. The van der Waals surface area contributed by atoms with Crippen molar-refractivity contribution >= 4 is 11.8 Å². The van der Waals surface area contributed by atoms with E-state index < -0.39 is 0 Å². The van der Waals surface area contributed by atoms with Gasteiger partial charge in [0.2, 0.25) is 0 Å².